The van der Waals surface area contributed by atoms with Crippen LogP contribution in [0.25, 0.3) is 0 Å². The molecule has 0 aromatic carbocycles. The third-order valence-corrected chi connectivity index (χ3v) is 5.71. The number of Topliss-reactive ketones (excluding diaryl/α,β-unsaturated/α-hetero) is 1. The van der Waals surface area contributed by atoms with E-state index in [0.717, 1.165) is 25.8 Å². The van der Waals surface area contributed by atoms with Crippen LogP contribution in [0.4, 0.5) is 0 Å². The first-order valence-electron chi connectivity index (χ1n) is 10.8. The highest BCUT2D eigenvalue weighted by Gasteiger charge is 2.29. The van der Waals surface area contributed by atoms with Gasteiger partial charge in [-0.25, -0.2) is 4.98 Å². The Bertz CT molecular complexity index is 769. The maximum atomic E-state index is 12.8. The smallest absolute Gasteiger partial charge is 0.223 e. The van der Waals surface area contributed by atoms with Crippen LogP contribution in [0.1, 0.15) is 88.0 Å². The Morgan fingerprint density at radius 2 is 2.00 bits per heavy atom. The molecule has 8 nitrogen and oxygen atoms in total. The second-order valence-electron chi connectivity index (χ2n) is 9.37. The van der Waals surface area contributed by atoms with Crippen LogP contribution < -0.4 is 11.1 Å². The van der Waals surface area contributed by atoms with Crippen molar-refractivity contribution in [3.63, 3.8) is 0 Å². The predicted molar refractivity (Wildman–Crippen MR) is 114 cm³/mol. The fourth-order valence-corrected chi connectivity index (χ4v) is 3.54. The Hall–Kier alpha value is -2.22. The topological polar surface area (TPSA) is 119 Å². The van der Waals surface area contributed by atoms with E-state index in [9.17, 15) is 14.4 Å². The molecule has 1 aliphatic heterocycles. The number of ketones is 1. The highest BCUT2D eigenvalue weighted by atomic mass is 16.4. The summed E-state index contributed by atoms with van der Waals surface area (Å²) in [7, 11) is 2.05. The second-order valence-corrected chi connectivity index (χ2v) is 9.37. The maximum absolute atomic E-state index is 12.8. The Labute approximate surface area is 179 Å². The van der Waals surface area contributed by atoms with Gasteiger partial charge in [0.15, 0.2) is 5.76 Å². The zero-order valence-corrected chi connectivity index (χ0v) is 18.9. The van der Waals surface area contributed by atoms with Crippen molar-refractivity contribution in [3.8, 4) is 0 Å². The number of aromatic nitrogens is 1. The number of carbonyl (C=O) groups is 3. The number of amides is 2. The third-order valence-electron chi connectivity index (χ3n) is 5.71. The molecular weight excluding hydrogens is 384 g/mol. The average Bonchev–Trinajstić information content (AvgIpc) is 3.07. The molecule has 1 atom stereocenters. The Morgan fingerprint density at radius 3 is 2.60 bits per heavy atom. The van der Waals surface area contributed by atoms with Gasteiger partial charge >= 0.3 is 0 Å². The molecule has 0 radical (unpaired) electrons. The first kappa shape index (κ1) is 24.1. The van der Waals surface area contributed by atoms with Crippen LogP contribution in [0.15, 0.2) is 4.42 Å². The van der Waals surface area contributed by atoms with Crippen molar-refractivity contribution in [1.29, 1.82) is 0 Å². The SMILES string of the molecule is CC(C)Cc1nc(C2CCCCN2C)oc1C(=O)CNC(=O)CCC(C)(C)C(N)=O. The molecule has 30 heavy (non-hydrogen) atoms. The molecule has 0 spiro atoms. The molecule has 2 rings (SSSR count). The number of hydrogen-bond donors (Lipinski definition) is 2. The van der Waals surface area contributed by atoms with Crippen LogP contribution in [-0.2, 0) is 16.0 Å². The Kier molecular flexibility index (Phi) is 8.18. The molecule has 1 aliphatic rings. The van der Waals surface area contributed by atoms with E-state index in [0.29, 0.717) is 30.3 Å². The summed E-state index contributed by atoms with van der Waals surface area (Å²) in [5.74, 6) is 0.122. The van der Waals surface area contributed by atoms with Crippen molar-refractivity contribution in [2.75, 3.05) is 20.1 Å². The van der Waals surface area contributed by atoms with Gasteiger partial charge in [0.2, 0.25) is 23.5 Å². The highest BCUT2D eigenvalue weighted by Crippen LogP contribution is 2.31. The number of hydrogen-bond acceptors (Lipinski definition) is 6. The number of likely N-dealkylation sites (tertiary alicyclic amines) is 1. The van der Waals surface area contributed by atoms with Crippen LogP contribution in [-0.4, -0.2) is 47.6 Å². The summed E-state index contributed by atoms with van der Waals surface area (Å²) in [6.45, 7) is 8.35. The summed E-state index contributed by atoms with van der Waals surface area (Å²) in [4.78, 5) is 43.2. The number of nitrogens with two attached hydrogens (primary N) is 1. The van der Waals surface area contributed by atoms with Crippen molar-refractivity contribution in [2.24, 2.45) is 17.1 Å². The van der Waals surface area contributed by atoms with E-state index in [1.807, 2.05) is 7.05 Å². The predicted octanol–water partition coefficient (Wildman–Crippen LogP) is 2.62. The summed E-state index contributed by atoms with van der Waals surface area (Å²) < 4.78 is 5.95. The number of rotatable bonds is 10. The van der Waals surface area contributed by atoms with Crippen LogP contribution in [0.3, 0.4) is 0 Å². The number of oxazole rings is 1. The Balaban J connectivity index is 2.04. The first-order valence-corrected chi connectivity index (χ1v) is 10.8. The van der Waals surface area contributed by atoms with Crippen LogP contribution >= 0.6 is 0 Å². The molecule has 1 fully saturated rings. The molecule has 2 heterocycles. The largest absolute Gasteiger partial charge is 0.435 e. The van der Waals surface area contributed by atoms with Crippen molar-refractivity contribution in [1.82, 2.24) is 15.2 Å². The zero-order valence-electron chi connectivity index (χ0n) is 18.9. The van der Waals surface area contributed by atoms with E-state index in [1.165, 1.54) is 0 Å². The molecule has 1 aromatic heterocycles. The van der Waals surface area contributed by atoms with Crippen molar-refractivity contribution < 1.29 is 18.8 Å². The number of piperidine rings is 1. The van der Waals surface area contributed by atoms with E-state index in [1.54, 1.807) is 13.8 Å². The van der Waals surface area contributed by atoms with Gasteiger partial charge in [-0.3, -0.25) is 19.3 Å². The van der Waals surface area contributed by atoms with E-state index < -0.39 is 11.3 Å². The minimum absolute atomic E-state index is 0.0804. The Morgan fingerprint density at radius 1 is 1.30 bits per heavy atom. The summed E-state index contributed by atoms with van der Waals surface area (Å²) in [6.07, 6.45) is 4.30. The molecule has 1 unspecified atom stereocenters. The van der Waals surface area contributed by atoms with Gasteiger partial charge in [-0.2, -0.15) is 0 Å². The quantitative estimate of drug-likeness (QED) is 0.562. The molecule has 0 aliphatic carbocycles. The second kappa shape index (κ2) is 10.2. The highest BCUT2D eigenvalue weighted by molar-refractivity contribution is 5.98. The minimum atomic E-state index is -0.766. The fourth-order valence-electron chi connectivity index (χ4n) is 3.54. The molecule has 1 aromatic rings. The van der Waals surface area contributed by atoms with Crippen LogP contribution in [0, 0.1) is 11.3 Å². The number of nitrogens with zero attached hydrogens (tertiary/aromatic N) is 2. The average molecular weight is 421 g/mol. The molecule has 8 heteroatoms. The summed E-state index contributed by atoms with van der Waals surface area (Å²) in [6, 6.07) is 0.0804. The molecule has 1 saturated heterocycles. The number of primary amides is 1. The maximum Gasteiger partial charge on any atom is 0.223 e. The molecule has 0 bridgehead atoms. The summed E-state index contributed by atoms with van der Waals surface area (Å²) in [5.41, 5.74) is 5.23. The van der Waals surface area contributed by atoms with Gasteiger partial charge in [-0.05, 0) is 45.2 Å². The van der Waals surface area contributed by atoms with Gasteiger partial charge in [0.05, 0.1) is 18.3 Å². The summed E-state index contributed by atoms with van der Waals surface area (Å²) >= 11 is 0. The van der Waals surface area contributed by atoms with Crippen molar-refractivity contribution >= 4 is 17.6 Å². The molecular formula is C22H36N4O4. The minimum Gasteiger partial charge on any atom is -0.435 e. The lowest BCUT2D eigenvalue weighted by Gasteiger charge is -2.29. The molecule has 2 amide bonds. The van der Waals surface area contributed by atoms with Gasteiger partial charge in [0.1, 0.15) is 0 Å². The van der Waals surface area contributed by atoms with E-state index in [-0.39, 0.29) is 36.5 Å². The number of carbonyl (C=O) groups excluding carboxylic acids is 3. The van der Waals surface area contributed by atoms with Crippen molar-refractivity contribution in [2.45, 2.75) is 72.3 Å². The van der Waals surface area contributed by atoms with Crippen LogP contribution in [0.5, 0.6) is 0 Å². The van der Waals surface area contributed by atoms with Gasteiger partial charge in [0, 0.05) is 11.8 Å². The van der Waals surface area contributed by atoms with Crippen LogP contribution in [0.2, 0.25) is 0 Å². The van der Waals surface area contributed by atoms with E-state index >= 15 is 0 Å². The van der Waals surface area contributed by atoms with Gasteiger partial charge in [-0.1, -0.05) is 34.1 Å². The fraction of sp³-hybridized carbons (Fsp3) is 0.727. The standard InChI is InChI=1S/C22H36N4O4/c1-14(2)12-15-19(30-20(25-15)16-8-6-7-11-26(16)5)17(27)13-24-18(28)9-10-22(3,4)21(23)29/h14,16H,6-13H2,1-5H3,(H2,23,29)(H,24,28). The lowest BCUT2D eigenvalue weighted by atomic mass is 9.87. The van der Waals surface area contributed by atoms with E-state index in [4.69, 9.17) is 10.2 Å². The molecule has 0 saturated carbocycles. The third kappa shape index (κ3) is 6.39. The van der Waals surface area contributed by atoms with Crippen molar-refractivity contribution in [3.05, 3.63) is 17.3 Å². The van der Waals surface area contributed by atoms with E-state index in [2.05, 4.69) is 29.0 Å². The van der Waals surface area contributed by atoms with Gasteiger partial charge < -0.3 is 15.5 Å². The van der Waals surface area contributed by atoms with Gasteiger partial charge in [-0.15, -0.1) is 0 Å². The molecule has 3 N–H and O–H groups in total. The monoisotopic (exact) mass is 420 g/mol. The van der Waals surface area contributed by atoms with Gasteiger partial charge in [0.25, 0.3) is 0 Å². The lowest BCUT2D eigenvalue weighted by Crippen LogP contribution is -2.34. The summed E-state index contributed by atoms with van der Waals surface area (Å²) in [5, 5.41) is 2.63. The zero-order chi connectivity index (χ0) is 22.5. The normalized spacial score (nSPS) is 17.9. The first-order chi connectivity index (χ1) is 14.0. The number of nitrogens with one attached hydrogen (secondary N) is 1. The molecule has 168 valence electrons. The lowest BCUT2D eigenvalue weighted by molar-refractivity contribution is -0.127.